The Morgan fingerprint density at radius 1 is 1.12 bits per heavy atom. The fraction of sp³-hybridized carbons (Fsp3) is 0.636. The van der Waals surface area contributed by atoms with Crippen LogP contribution in [0.15, 0.2) is 0 Å². The lowest BCUT2D eigenvalue weighted by molar-refractivity contribution is -0.123. The molecule has 0 heterocycles. The van der Waals surface area contributed by atoms with Gasteiger partial charge in [-0.2, -0.15) is 0 Å². The molecule has 0 aliphatic heterocycles. The van der Waals surface area contributed by atoms with E-state index < -0.39 is 0 Å². The van der Waals surface area contributed by atoms with Gasteiger partial charge >= 0.3 is 0 Å². The van der Waals surface area contributed by atoms with Crippen LogP contribution in [0, 0.1) is 0 Å². The minimum absolute atomic E-state index is 0.0188. The fourth-order valence-electron chi connectivity index (χ4n) is 0.994. The third-order valence-electron chi connectivity index (χ3n) is 1.98. The molecule has 17 heavy (non-hydrogen) atoms. The molecule has 0 aliphatic rings. The number of amides is 1. The molecule has 0 aromatic carbocycles. The smallest absolute Gasteiger partial charge is 0.225 e. The first kappa shape index (κ1) is 16.1. The number of thiocarbonyl (C=S) groups is 2. The highest BCUT2D eigenvalue weighted by Gasteiger charge is 2.09. The molecule has 0 aliphatic carbocycles. The van der Waals surface area contributed by atoms with Crippen molar-refractivity contribution in [1.82, 2.24) is 10.6 Å². The highest BCUT2D eigenvalue weighted by Crippen LogP contribution is 1.91. The van der Waals surface area contributed by atoms with Gasteiger partial charge in [-0.3, -0.25) is 4.79 Å². The van der Waals surface area contributed by atoms with Gasteiger partial charge in [0.15, 0.2) is 0 Å². The number of nitrogens with one attached hydrogen (secondary N) is 2. The Morgan fingerprint density at radius 2 is 1.76 bits per heavy atom. The normalized spacial score (nSPS) is 9.53. The molecule has 0 saturated heterocycles. The molecule has 4 nitrogen and oxygen atoms in total. The lowest BCUT2D eigenvalue weighted by Crippen LogP contribution is -2.40. The zero-order valence-corrected chi connectivity index (χ0v) is 11.8. The minimum atomic E-state index is -0.273. The summed E-state index contributed by atoms with van der Waals surface area (Å²) in [5, 5.41) is 5.46. The largest absolute Gasteiger partial charge is 0.374 e. The van der Waals surface area contributed by atoms with Crippen LogP contribution >= 0.6 is 24.4 Å². The molecule has 96 valence electrons. The van der Waals surface area contributed by atoms with E-state index >= 15 is 0 Å². The highest BCUT2D eigenvalue weighted by molar-refractivity contribution is 7.89. The average molecular weight is 274 g/mol. The summed E-state index contributed by atoms with van der Waals surface area (Å²) in [6, 6.07) is 0. The first-order valence-corrected chi connectivity index (χ1v) is 6.40. The van der Waals surface area contributed by atoms with Gasteiger partial charge in [-0.05, 0) is 13.3 Å². The van der Waals surface area contributed by atoms with E-state index in [4.69, 9.17) is 24.4 Å². The van der Waals surface area contributed by atoms with E-state index in [9.17, 15) is 9.59 Å². The molecule has 2 N–H and O–H groups in total. The Kier molecular flexibility index (Phi) is 8.71. The van der Waals surface area contributed by atoms with Crippen LogP contribution in [0.1, 0.15) is 39.5 Å². The van der Waals surface area contributed by atoms with Crippen molar-refractivity contribution in [3.8, 4) is 0 Å². The van der Waals surface area contributed by atoms with Crippen molar-refractivity contribution in [2.45, 2.75) is 39.5 Å². The summed E-state index contributed by atoms with van der Waals surface area (Å²) in [6.45, 7) is 4.27. The number of hydrogen-bond donors (Lipinski definition) is 2. The van der Waals surface area contributed by atoms with E-state index in [0.717, 1.165) is 19.4 Å². The maximum atomic E-state index is 11.4. The molecule has 0 unspecified atom stereocenters. The molecule has 0 aromatic heterocycles. The number of rotatable bonds is 6. The molecule has 0 rings (SSSR count). The van der Waals surface area contributed by atoms with Crippen molar-refractivity contribution >= 4 is 46.1 Å². The van der Waals surface area contributed by atoms with Gasteiger partial charge < -0.3 is 15.4 Å². The molecule has 0 spiro atoms. The molecular formula is C11H18N2O2S2. The molecule has 0 saturated carbocycles. The lowest BCUT2D eigenvalue weighted by Gasteiger charge is -2.09. The second kappa shape index (κ2) is 9.18. The second-order valence-corrected chi connectivity index (χ2v) is 4.51. The maximum absolute atomic E-state index is 11.4. The van der Waals surface area contributed by atoms with Gasteiger partial charge in [0.2, 0.25) is 5.91 Å². The van der Waals surface area contributed by atoms with Crippen LogP contribution in [0.3, 0.4) is 0 Å². The Morgan fingerprint density at radius 3 is 2.29 bits per heavy atom. The summed E-state index contributed by atoms with van der Waals surface area (Å²) < 4.78 is 0. The third-order valence-corrected chi connectivity index (χ3v) is 2.76. The fourth-order valence-corrected chi connectivity index (χ4v) is 1.33. The van der Waals surface area contributed by atoms with Crippen LogP contribution in [-0.2, 0) is 9.59 Å². The standard InChI is InChI=1S/C11H18N2O2S2/c1-3-4-7-12-10(16)11(17)13-9(15)6-5-8(2)14/h3-7H2,1-2H3,(H,12,16)(H,13,15,17). The predicted octanol–water partition coefficient (Wildman–Crippen LogP) is 1.52. The molecule has 1 amide bonds. The highest BCUT2D eigenvalue weighted by atomic mass is 32.1. The average Bonchev–Trinajstić information content (AvgIpc) is 2.26. The summed E-state index contributed by atoms with van der Waals surface area (Å²) in [6.07, 6.45) is 2.44. The predicted molar refractivity (Wildman–Crippen MR) is 76.2 cm³/mol. The van der Waals surface area contributed by atoms with Crippen molar-refractivity contribution in [3.05, 3.63) is 0 Å². The second-order valence-electron chi connectivity index (χ2n) is 3.69. The van der Waals surface area contributed by atoms with Crippen LogP contribution in [0.4, 0.5) is 0 Å². The molecule has 0 atom stereocenters. The van der Waals surface area contributed by atoms with Gasteiger partial charge in [0.25, 0.3) is 0 Å². The van der Waals surface area contributed by atoms with Gasteiger partial charge in [0.1, 0.15) is 15.8 Å². The summed E-state index contributed by atoms with van der Waals surface area (Å²) in [7, 11) is 0. The van der Waals surface area contributed by atoms with Crippen LogP contribution < -0.4 is 10.6 Å². The number of carbonyl (C=O) groups is 2. The number of ketones is 1. The van der Waals surface area contributed by atoms with Gasteiger partial charge in [-0.25, -0.2) is 0 Å². The van der Waals surface area contributed by atoms with Crippen molar-refractivity contribution in [1.29, 1.82) is 0 Å². The lowest BCUT2D eigenvalue weighted by atomic mass is 10.2. The molecule has 6 heteroatoms. The summed E-state index contributed by atoms with van der Waals surface area (Å²) in [4.78, 5) is 22.7. The molecule has 0 fully saturated rings. The van der Waals surface area contributed by atoms with Gasteiger partial charge in [0, 0.05) is 19.4 Å². The Balaban J connectivity index is 3.87. The third kappa shape index (κ3) is 8.88. The van der Waals surface area contributed by atoms with E-state index in [-0.39, 0.29) is 29.5 Å². The van der Waals surface area contributed by atoms with Crippen LogP contribution in [0.5, 0.6) is 0 Å². The van der Waals surface area contributed by atoms with Crippen LogP contribution in [0.25, 0.3) is 0 Å². The molecule has 0 aromatic rings. The molecule has 0 radical (unpaired) electrons. The summed E-state index contributed by atoms with van der Waals surface area (Å²) in [5.74, 6) is -0.292. The summed E-state index contributed by atoms with van der Waals surface area (Å²) in [5.41, 5.74) is 0. The zero-order valence-electron chi connectivity index (χ0n) is 10.2. The number of carbonyl (C=O) groups excluding carboxylic acids is 2. The Bertz CT molecular complexity index is 317. The van der Waals surface area contributed by atoms with E-state index in [0.29, 0.717) is 4.99 Å². The van der Waals surface area contributed by atoms with Gasteiger partial charge in [-0.15, -0.1) is 0 Å². The minimum Gasteiger partial charge on any atom is -0.374 e. The number of hydrogen-bond acceptors (Lipinski definition) is 4. The first-order chi connectivity index (χ1) is 7.97. The van der Waals surface area contributed by atoms with E-state index in [1.165, 1.54) is 6.92 Å². The van der Waals surface area contributed by atoms with Crippen molar-refractivity contribution in [2.24, 2.45) is 0 Å². The van der Waals surface area contributed by atoms with Crippen molar-refractivity contribution in [2.75, 3.05) is 6.54 Å². The van der Waals surface area contributed by atoms with Crippen molar-refractivity contribution in [3.63, 3.8) is 0 Å². The Hall–Kier alpha value is -0.880. The van der Waals surface area contributed by atoms with Gasteiger partial charge in [0.05, 0.1) is 0 Å². The number of Topliss-reactive ketones (excluding diaryl/α,β-unsaturated/α-hetero) is 1. The van der Waals surface area contributed by atoms with E-state index in [1.807, 2.05) is 0 Å². The van der Waals surface area contributed by atoms with Crippen molar-refractivity contribution < 1.29 is 9.59 Å². The quantitative estimate of drug-likeness (QED) is 0.568. The number of unbranched alkanes of at least 4 members (excludes halogenated alkanes) is 1. The Labute approximate surface area is 113 Å². The zero-order chi connectivity index (χ0) is 13.3. The van der Waals surface area contributed by atoms with Crippen LogP contribution in [-0.4, -0.2) is 28.2 Å². The maximum Gasteiger partial charge on any atom is 0.225 e. The monoisotopic (exact) mass is 274 g/mol. The SMILES string of the molecule is CCCCNC(=S)C(=S)NC(=O)CCC(C)=O. The molecular weight excluding hydrogens is 256 g/mol. The first-order valence-electron chi connectivity index (χ1n) is 5.58. The van der Waals surface area contributed by atoms with Gasteiger partial charge in [-0.1, -0.05) is 37.8 Å². The van der Waals surface area contributed by atoms with E-state index in [2.05, 4.69) is 17.6 Å². The van der Waals surface area contributed by atoms with Crippen LogP contribution in [0.2, 0.25) is 0 Å². The summed E-state index contributed by atoms with van der Waals surface area (Å²) >= 11 is 9.97. The van der Waals surface area contributed by atoms with E-state index in [1.54, 1.807) is 0 Å². The molecule has 0 bridgehead atoms. The topological polar surface area (TPSA) is 58.2 Å².